The Bertz CT molecular complexity index is 404. The van der Waals surface area contributed by atoms with Gasteiger partial charge in [-0.25, -0.2) is 9.97 Å². The van der Waals surface area contributed by atoms with Crippen molar-refractivity contribution in [2.75, 3.05) is 24.2 Å². The van der Waals surface area contributed by atoms with Crippen LogP contribution in [0.5, 0.6) is 0 Å². The van der Waals surface area contributed by atoms with Gasteiger partial charge in [-0.2, -0.15) is 0 Å². The molecule has 1 aromatic rings. The number of nitrogens with one attached hydrogen (secondary N) is 1. The summed E-state index contributed by atoms with van der Waals surface area (Å²) in [6.45, 7) is 3.21. The lowest BCUT2D eigenvalue weighted by molar-refractivity contribution is 0.253. The lowest BCUT2D eigenvalue weighted by Crippen LogP contribution is -2.18. The van der Waals surface area contributed by atoms with E-state index in [4.69, 9.17) is 10.8 Å². The highest BCUT2D eigenvalue weighted by Crippen LogP contribution is 2.48. The number of aryl methyl sites for hydroxylation is 1. The topological polar surface area (TPSA) is 84.1 Å². The lowest BCUT2D eigenvalue weighted by atomic mass is 10.0. The average Bonchev–Trinajstić information content (AvgIpc) is 3.07. The van der Waals surface area contributed by atoms with E-state index in [0.717, 1.165) is 37.4 Å². The van der Waals surface area contributed by atoms with Crippen LogP contribution in [0.4, 0.5) is 11.6 Å². The third-order valence-electron chi connectivity index (χ3n) is 3.51. The number of aliphatic hydroxyl groups is 1. The molecule has 0 unspecified atom stereocenters. The van der Waals surface area contributed by atoms with Crippen molar-refractivity contribution in [2.45, 2.75) is 39.0 Å². The van der Waals surface area contributed by atoms with Crippen molar-refractivity contribution in [1.82, 2.24) is 9.97 Å². The molecule has 18 heavy (non-hydrogen) atoms. The molecule has 2 rings (SSSR count). The third-order valence-corrected chi connectivity index (χ3v) is 3.51. The second kappa shape index (κ2) is 5.52. The second-order valence-electron chi connectivity index (χ2n) is 5.17. The highest BCUT2D eigenvalue weighted by Gasteiger charge is 2.41. The van der Waals surface area contributed by atoms with Crippen LogP contribution in [0, 0.1) is 5.41 Å². The van der Waals surface area contributed by atoms with E-state index in [1.165, 1.54) is 12.8 Å². The van der Waals surface area contributed by atoms with Gasteiger partial charge < -0.3 is 16.2 Å². The summed E-state index contributed by atoms with van der Waals surface area (Å²) in [5, 5.41) is 12.4. The highest BCUT2D eigenvalue weighted by atomic mass is 16.3. The van der Waals surface area contributed by atoms with E-state index in [9.17, 15) is 0 Å². The van der Waals surface area contributed by atoms with E-state index < -0.39 is 0 Å². The molecule has 0 radical (unpaired) electrons. The summed E-state index contributed by atoms with van der Waals surface area (Å²) in [7, 11) is 0. The van der Waals surface area contributed by atoms with Crippen LogP contribution in [0.2, 0.25) is 0 Å². The quantitative estimate of drug-likeness (QED) is 0.684. The molecule has 1 aliphatic rings. The minimum absolute atomic E-state index is 0.259. The summed E-state index contributed by atoms with van der Waals surface area (Å²) >= 11 is 0. The largest absolute Gasteiger partial charge is 0.396 e. The highest BCUT2D eigenvalue weighted by molar-refractivity contribution is 5.45. The summed E-state index contributed by atoms with van der Waals surface area (Å²) < 4.78 is 0. The average molecular weight is 250 g/mol. The number of hydrogen-bond donors (Lipinski definition) is 3. The number of hydrogen-bond acceptors (Lipinski definition) is 5. The Morgan fingerprint density at radius 2 is 2.22 bits per heavy atom. The fourth-order valence-electron chi connectivity index (χ4n) is 2.15. The van der Waals surface area contributed by atoms with E-state index >= 15 is 0 Å². The number of aromatic nitrogens is 2. The molecule has 0 saturated heterocycles. The predicted octanol–water partition coefficient (Wildman–Crippen LogP) is 1.59. The molecule has 0 aliphatic heterocycles. The Labute approximate surface area is 108 Å². The van der Waals surface area contributed by atoms with Gasteiger partial charge in [-0.15, -0.1) is 0 Å². The molecule has 1 fully saturated rings. The van der Waals surface area contributed by atoms with Gasteiger partial charge in [-0.05, 0) is 31.1 Å². The van der Waals surface area contributed by atoms with Crippen LogP contribution < -0.4 is 11.1 Å². The number of nitrogens with zero attached hydrogens (tertiary/aromatic N) is 2. The zero-order chi connectivity index (χ0) is 13.0. The Morgan fingerprint density at radius 1 is 1.44 bits per heavy atom. The molecule has 0 amide bonds. The summed E-state index contributed by atoms with van der Waals surface area (Å²) in [6, 6.07) is 1.77. The fraction of sp³-hybridized carbons (Fsp3) is 0.692. The zero-order valence-corrected chi connectivity index (χ0v) is 10.9. The second-order valence-corrected chi connectivity index (χ2v) is 5.17. The maximum absolute atomic E-state index is 9.02. The summed E-state index contributed by atoms with van der Waals surface area (Å²) in [6.07, 6.45) is 5.09. The van der Waals surface area contributed by atoms with Crippen LogP contribution in [0.25, 0.3) is 0 Å². The Balaban J connectivity index is 1.96. The maximum Gasteiger partial charge on any atom is 0.133 e. The third kappa shape index (κ3) is 3.32. The van der Waals surface area contributed by atoms with Crippen molar-refractivity contribution < 1.29 is 5.11 Å². The van der Waals surface area contributed by atoms with Gasteiger partial charge in [0.25, 0.3) is 0 Å². The molecule has 1 aliphatic carbocycles. The summed E-state index contributed by atoms with van der Waals surface area (Å²) in [5.74, 6) is 2.12. The number of anilines is 2. The fourth-order valence-corrected chi connectivity index (χ4v) is 2.15. The number of nitrogens with two attached hydrogens (primary N) is 1. The van der Waals surface area contributed by atoms with Crippen LogP contribution in [0.15, 0.2) is 6.07 Å². The van der Waals surface area contributed by atoms with Crippen molar-refractivity contribution in [3.63, 3.8) is 0 Å². The molecule has 0 atom stereocenters. The van der Waals surface area contributed by atoms with Crippen LogP contribution in [0.3, 0.4) is 0 Å². The van der Waals surface area contributed by atoms with Gasteiger partial charge in [-0.1, -0.05) is 6.92 Å². The minimum atomic E-state index is 0.259. The number of rotatable bonds is 7. The van der Waals surface area contributed by atoms with E-state index in [-0.39, 0.29) is 12.0 Å². The summed E-state index contributed by atoms with van der Waals surface area (Å²) in [4.78, 5) is 8.66. The molecule has 1 saturated carbocycles. The van der Waals surface area contributed by atoms with Gasteiger partial charge in [0.15, 0.2) is 0 Å². The molecule has 1 aromatic heterocycles. The monoisotopic (exact) mass is 250 g/mol. The molecule has 1 heterocycles. The van der Waals surface area contributed by atoms with Gasteiger partial charge in [0.05, 0.1) is 0 Å². The predicted molar refractivity (Wildman–Crippen MR) is 72.3 cm³/mol. The summed E-state index contributed by atoms with van der Waals surface area (Å²) in [5.41, 5.74) is 6.05. The first-order valence-electron chi connectivity index (χ1n) is 6.66. The molecule has 4 N–H and O–H groups in total. The number of nitrogen functional groups attached to an aromatic ring is 1. The van der Waals surface area contributed by atoms with Crippen LogP contribution in [-0.2, 0) is 6.42 Å². The van der Waals surface area contributed by atoms with E-state index in [2.05, 4.69) is 22.2 Å². The van der Waals surface area contributed by atoms with Crippen molar-refractivity contribution in [2.24, 2.45) is 5.41 Å². The molecule has 100 valence electrons. The molecule has 5 heteroatoms. The SMILES string of the molecule is CCCc1nc(N)cc(NCC2(CCO)CC2)n1. The Hall–Kier alpha value is -1.36. The van der Waals surface area contributed by atoms with Crippen molar-refractivity contribution in [3.05, 3.63) is 11.9 Å². The minimum Gasteiger partial charge on any atom is -0.396 e. The van der Waals surface area contributed by atoms with E-state index in [1.807, 2.05) is 0 Å². The van der Waals surface area contributed by atoms with Gasteiger partial charge in [-0.3, -0.25) is 0 Å². The lowest BCUT2D eigenvalue weighted by Gasteiger charge is -2.15. The van der Waals surface area contributed by atoms with Gasteiger partial charge in [0, 0.05) is 25.6 Å². The standard InChI is InChI=1S/C13H22N4O/c1-2-3-11-16-10(14)8-12(17-11)15-9-13(4-5-13)6-7-18/h8,18H,2-7,9H2,1H3,(H3,14,15,16,17). The molecular formula is C13H22N4O. The Kier molecular flexibility index (Phi) is 4.01. The first-order valence-corrected chi connectivity index (χ1v) is 6.66. The van der Waals surface area contributed by atoms with E-state index in [1.54, 1.807) is 6.07 Å². The van der Waals surface area contributed by atoms with Gasteiger partial charge in [0.1, 0.15) is 17.5 Å². The maximum atomic E-state index is 9.02. The van der Waals surface area contributed by atoms with E-state index in [0.29, 0.717) is 5.82 Å². The molecule has 0 bridgehead atoms. The smallest absolute Gasteiger partial charge is 0.133 e. The molecule has 0 aromatic carbocycles. The van der Waals surface area contributed by atoms with Crippen molar-refractivity contribution in [1.29, 1.82) is 0 Å². The van der Waals surface area contributed by atoms with Crippen LogP contribution in [0.1, 0.15) is 38.4 Å². The molecular weight excluding hydrogens is 228 g/mol. The van der Waals surface area contributed by atoms with Crippen LogP contribution >= 0.6 is 0 Å². The van der Waals surface area contributed by atoms with Crippen LogP contribution in [-0.4, -0.2) is 28.2 Å². The normalized spacial score (nSPS) is 16.6. The Morgan fingerprint density at radius 3 is 2.83 bits per heavy atom. The van der Waals surface area contributed by atoms with Gasteiger partial charge >= 0.3 is 0 Å². The zero-order valence-electron chi connectivity index (χ0n) is 10.9. The first kappa shape index (κ1) is 13.1. The van der Waals surface area contributed by atoms with Gasteiger partial charge in [0.2, 0.25) is 0 Å². The first-order chi connectivity index (χ1) is 8.67. The van der Waals surface area contributed by atoms with Crippen molar-refractivity contribution >= 4 is 11.6 Å². The molecule has 0 spiro atoms. The number of aliphatic hydroxyl groups excluding tert-OH is 1. The van der Waals surface area contributed by atoms with Crippen molar-refractivity contribution in [3.8, 4) is 0 Å². The molecule has 5 nitrogen and oxygen atoms in total.